The van der Waals surface area contributed by atoms with Crippen LogP contribution in [0.25, 0.3) is 0 Å². The summed E-state index contributed by atoms with van der Waals surface area (Å²) >= 11 is 0. The van der Waals surface area contributed by atoms with E-state index in [-0.39, 0.29) is 6.42 Å². The molecule has 2 aromatic rings. The van der Waals surface area contributed by atoms with Gasteiger partial charge in [-0.05, 0) is 49.7 Å². The van der Waals surface area contributed by atoms with E-state index in [0.29, 0.717) is 38.5 Å². The van der Waals surface area contributed by atoms with Gasteiger partial charge in [-0.3, -0.25) is 9.59 Å². The summed E-state index contributed by atoms with van der Waals surface area (Å²) in [4.78, 5) is 23.1. The number of carboxylic acids is 2. The molecule has 0 radical (unpaired) electrons. The number of aryl methyl sites for hydroxylation is 2. The largest absolute Gasteiger partial charge is 0.481 e. The molecule has 0 aromatic heterocycles. The summed E-state index contributed by atoms with van der Waals surface area (Å²) in [6, 6.07) is 19.7. The second-order valence-corrected chi connectivity index (χ2v) is 6.80. The van der Waals surface area contributed by atoms with Crippen LogP contribution in [0, 0.1) is 5.41 Å². The van der Waals surface area contributed by atoms with Crippen molar-refractivity contribution in [1.29, 1.82) is 0 Å². The Morgan fingerprint density at radius 2 is 1.19 bits per heavy atom. The van der Waals surface area contributed by atoms with Crippen molar-refractivity contribution in [2.45, 2.75) is 44.9 Å². The van der Waals surface area contributed by atoms with E-state index in [1.807, 2.05) is 60.7 Å². The molecule has 0 unspecified atom stereocenters. The molecule has 2 N–H and O–H groups in total. The van der Waals surface area contributed by atoms with E-state index in [2.05, 4.69) is 0 Å². The van der Waals surface area contributed by atoms with Gasteiger partial charge in [-0.15, -0.1) is 0 Å². The second kappa shape index (κ2) is 9.76. The molecule has 4 nitrogen and oxygen atoms in total. The quantitative estimate of drug-likeness (QED) is 0.619. The van der Waals surface area contributed by atoms with E-state index in [1.165, 1.54) is 0 Å². The van der Waals surface area contributed by atoms with Gasteiger partial charge in [0.05, 0.1) is 5.41 Å². The van der Waals surface area contributed by atoms with Gasteiger partial charge in [0.1, 0.15) is 0 Å². The third kappa shape index (κ3) is 6.03. The first kappa shape index (κ1) is 19.7. The standard InChI is InChI=1S/C22H26O4/c23-20(24)12-7-15-22(21(25)26,16-13-18-8-3-1-4-9-18)17-14-19-10-5-2-6-11-19/h1-6,8-11H,7,12-17H2,(H,23,24)(H,25,26). The van der Waals surface area contributed by atoms with Crippen LogP contribution >= 0.6 is 0 Å². The lowest BCUT2D eigenvalue weighted by Crippen LogP contribution is -2.32. The van der Waals surface area contributed by atoms with Gasteiger partial charge >= 0.3 is 11.9 Å². The maximum atomic E-state index is 12.2. The first-order chi connectivity index (χ1) is 12.5. The first-order valence-corrected chi connectivity index (χ1v) is 9.05. The zero-order valence-corrected chi connectivity index (χ0v) is 14.9. The van der Waals surface area contributed by atoms with Crippen LogP contribution in [0.5, 0.6) is 0 Å². The van der Waals surface area contributed by atoms with Gasteiger partial charge in [-0.25, -0.2) is 0 Å². The molecule has 0 aliphatic heterocycles. The fraction of sp³-hybridized carbons (Fsp3) is 0.364. The zero-order chi connectivity index (χ0) is 18.8. The lowest BCUT2D eigenvalue weighted by atomic mass is 9.73. The molecule has 26 heavy (non-hydrogen) atoms. The van der Waals surface area contributed by atoms with Crippen molar-refractivity contribution in [2.75, 3.05) is 0 Å². The van der Waals surface area contributed by atoms with Crippen LogP contribution in [0.3, 0.4) is 0 Å². The Morgan fingerprint density at radius 1 is 0.731 bits per heavy atom. The fourth-order valence-corrected chi connectivity index (χ4v) is 3.33. The molecule has 0 aliphatic rings. The molecule has 2 rings (SSSR count). The summed E-state index contributed by atoms with van der Waals surface area (Å²) in [6.07, 6.45) is 3.15. The Labute approximate surface area is 154 Å². The van der Waals surface area contributed by atoms with Crippen molar-refractivity contribution in [3.05, 3.63) is 71.8 Å². The Bertz CT molecular complexity index is 651. The van der Waals surface area contributed by atoms with Crippen LogP contribution in [0.15, 0.2) is 60.7 Å². The van der Waals surface area contributed by atoms with Gasteiger partial charge in [-0.2, -0.15) is 0 Å². The predicted molar refractivity (Wildman–Crippen MR) is 101 cm³/mol. The van der Waals surface area contributed by atoms with Crippen molar-refractivity contribution in [2.24, 2.45) is 5.41 Å². The van der Waals surface area contributed by atoms with Crippen LogP contribution in [-0.2, 0) is 22.4 Å². The molecule has 4 heteroatoms. The maximum Gasteiger partial charge on any atom is 0.309 e. The summed E-state index contributed by atoms with van der Waals surface area (Å²) in [6.45, 7) is 0. The average Bonchev–Trinajstić information content (AvgIpc) is 2.65. The molecule has 0 aliphatic carbocycles. The Hall–Kier alpha value is -2.62. The third-order valence-corrected chi connectivity index (χ3v) is 4.97. The van der Waals surface area contributed by atoms with Gasteiger partial charge < -0.3 is 10.2 Å². The number of carbonyl (C=O) groups is 2. The molecule has 0 saturated carbocycles. The van der Waals surface area contributed by atoms with Crippen LogP contribution < -0.4 is 0 Å². The van der Waals surface area contributed by atoms with Gasteiger partial charge in [-0.1, -0.05) is 60.7 Å². The van der Waals surface area contributed by atoms with Crippen LogP contribution in [0.4, 0.5) is 0 Å². The highest BCUT2D eigenvalue weighted by Crippen LogP contribution is 2.36. The van der Waals surface area contributed by atoms with Crippen LogP contribution in [-0.4, -0.2) is 22.2 Å². The lowest BCUT2D eigenvalue weighted by molar-refractivity contribution is -0.151. The fourth-order valence-electron chi connectivity index (χ4n) is 3.33. The average molecular weight is 354 g/mol. The molecular formula is C22H26O4. The summed E-state index contributed by atoms with van der Waals surface area (Å²) in [5.41, 5.74) is 1.31. The van der Waals surface area contributed by atoms with Gasteiger partial charge in [0, 0.05) is 6.42 Å². The summed E-state index contributed by atoms with van der Waals surface area (Å²) in [5.74, 6) is -1.70. The molecule has 0 bridgehead atoms. The normalized spacial score (nSPS) is 11.2. The molecular weight excluding hydrogens is 328 g/mol. The number of hydrogen-bond acceptors (Lipinski definition) is 2. The molecule has 0 heterocycles. The van der Waals surface area contributed by atoms with E-state index < -0.39 is 17.4 Å². The van der Waals surface area contributed by atoms with Crippen molar-refractivity contribution in [1.82, 2.24) is 0 Å². The van der Waals surface area contributed by atoms with Crippen molar-refractivity contribution in [3.63, 3.8) is 0 Å². The molecule has 0 atom stereocenters. The van der Waals surface area contributed by atoms with Gasteiger partial charge in [0.15, 0.2) is 0 Å². The number of benzene rings is 2. The SMILES string of the molecule is O=C(O)CCCC(CCc1ccccc1)(CCc1ccccc1)C(=O)O. The minimum absolute atomic E-state index is 0.00566. The highest BCUT2D eigenvalue weighted by Gasteiger charge is 2.37. The summed E-state index contributed by atoms with van der Waals surface area (Å²) in [5, 5.41) is 18.9. The zero-order valence-electron chi connectivity index (χ0n) is 14.9. The smallest absolute Gasteiger partial charge is 0.309 e. The van der Waals surface area contributed by atoms with Crippen molar-refractivity contribution >= 4 is 11.9 Å². The first-order valence-electron chi connectivity index (χ1n) is 9.05. The predicted octanol–water partition coefficient (Wildman–Crippen LogP) is 4.58. The molecule has 138 valence electrons. The number of carboxylic acid groups (broad SMARTS) is 2. The van der Waals surface area contributed by atoms with E-state index in [0.717, 1.165) is 11.1 Å². The minimum Gasteiger partial charge on any atom is -0.481 e. The van der Waals surface area contributed by atoms with Gasteiger partial charge in [0.25, 0.3) is 0 Å². The molecule has 2 aromatic carbocycles. The van der Waals surface area contributed by atoms with E-state index >= 15 is 0 Å². The summed E-state index contributed by atoms with van der Waals surface area (Å²) in [7, 11) is 0. The van der Waals surface area contributed by atoms with Gasteiger partial charge in [0.2, 0.25) is 0 Å². The summed E-state index contributed by atoms with van der Waals surface area (Å²) < 4.78 is 0. The molecule has 0 saturated heterocycles. The highest BCUT2D eigenvalue weighted by molar-refractivity contribution is 5.75. The third-order valence-electron chi connectivity index (χ3n) is 4.97. The van der Waals surface area contributed by atoms with Crippen LogP contribution in [0.2, 0.25) is 0 Å². The van der Waals surface area contributed by atoms with E-state index in [1.54, 1.807) is 0 Å². The van der Waals surface area contributed by atoms with Crippen molar-refractivity contribution in [3.8, 4) is 0 Å². The second-order valence-electron chi connectivity index (χ2n) is 6.80. The van der Waals surface area contributed by atoms with E-state index in [4.69, 9.17) is 5.11 Å². The van der Waals surface area contributed by atoms with Crippen LogP contribution in [0.1, 0.15) is 43.2 Å². The Balaban J connectivity index is 2.12. The van der Waals surface area contributed by atoms with Crippen molar-refractivity contribution < 1.29 is 19.8 Å². The lowest BCUT2D eigenvalue weighted by Gasteiger charge is -2.30. The highest BCUT2D eigenvalue weighted by atomic mass is 16.4. The maximum absolute atomic E-state index is 12.2. The van der Waals surface area contributed by atoms with E-state index in [9.17, 15) is 14.7 Å². The monoisotopic (exact) mass is 354 g/mol. The minimum atomic E-state index is -0.902. The molecule has 0 spiro atoms. The molecule has 0 fully saturated rings. The Morgan fingerprint density at radius 3 is 1.58 bits per heavy atom. The number of aliphatic carboxylic acids is 2. The number of hydrogen-bond donors (Lipinski definition) is 2. The Kier molecular flexibility index (Phi) is 7.39. The topological polar surface area (TPSA) is 74.6 Å². The molecule has 0 amide bonds. The number of rotatable bonds is 11.